The predicted molar refractivity (Wildman–Crippen MR) is 53.5 cm³/mol. The summed E-state index contributed by atoms with van der Waals surface area (Å²) in [6.07, 6.45) is 0. The highest BCUT2D eigenvalue weighted by Crippen LogP contribution is 2.10. The molecule has 0 aromatic rings. The highest BCUT2D eigenvalue weighted by atomic mass is 35.5. The maximum Gasteiger partial charge on any atom is 0.0339 e. The van der Waals surface area contributed by atoms with Gasteiger partial charge in [-0.15, -0.1) is 0 Å². The van der Waals surface area contributed by atoms with E-state index in [1.807, 2.05) is 0 Å². The molecule has 1 rings (SSSR count). The van der Waals surface area contributed by atoms with Crippen molar-refractivity contribution in [3.8, 4) is 0 Å². The lowest BCUT2D eigenvalue weighted by molar-refractivity contribution is 0.161. The number of rotatable bonds is 2. The second-order valence-corrected chi connectivity index (χ2v) is 4.14. The van der Waals surface area contributed by atoms with Crippen LogP contribution in [0.25, 0.3) is 0 Å². The molecule has 0 radical (unpaired) electrons. The molecule has 1 aliphatic rings. The van der Waals surface area contributed by atoms with Crippen LogP contribution in [0.2, 0.25) is 0 Å². The van der Waals surface area contributed by atoms with Crippen LogP contribution in [0.1, 0.15) is 13.8 Å². The van der Waals surface area contributed by atoms with Crippen LogP contribution in [0.5, 0.6) is 0 Å². The normalized spacial score (nSPS) is 31.9. The first-order valence-corrected chi connectivity index (χ1v) is 4.78. The van der Waals surface area contributed by atoms with Gasteiger partial charge in [0.25, 0.3) is 0 Å². The number of halogens is 1. The largest absolute Gasteiger partial charge is 0.311 e. The van der Waals surface area contributed by atoms with E-state index in [2.05, 4.69) is 30.6 Å². The van der Waals surface area contributed by atoms with Crippen molar-refractivity contribution in [2.24, 2.45) is 0 Å². The number of nitrogens with one attached hydrogen (secondary N) is 1. The summed E-state index contributed by atoms with van der Waals surface area (Å²) in [5, 5.41) is 4.15. The van der Waals surface area contributed by atoms with Crippen LogP contribution >= 0.6 is 11.6 Å². The summed E-state index contributed by atoms with van der Waals surface area (Å²) < 4.78 is 0. The number of nitrogens with zero attached hydrogens (tertiary/aromatic N) is 1. The van der Waals surface area contributed by atoms with Crippen molar-refractivity contribution in [3.05, 3.63) is 11.6 Å². The predicted octanol–water partition coefficient (Wildman–Crippen LogP) is 1.42. The first-order valence-electron chi connectivity index (χ1n) is 4.40. The molecule has 12 heavy (non-hydrogen) atoms. The summed E-state index contributed by atoms with van der Waals surface area (Å²) in [5.41, 5.74) is 0. The topological polar surface area (TPSA) is 15.3 Å². The van der Waals surface area contributed by atoms with E-state index in [9.17, 15) is 0 Å². The average molecular weight is 189 g/mol. The second kappa shape index (κ2) is 4.26. The van der Waals surface area contributed by atoms with E-state index in [-0.39, 0.29) is 0 Å². The molecule has 1 N–H and O–H groups in total. The van der Waals surface area contributed by atoms with Gasteiger partial charge in [0.05, 0.1) is 0 Å². The zero-order chi connectivity index (χ0) is 9.14. The lowest BCUT2D eigenvalue weighted by Gasteiger charge is -2.37. The quantitative estimate of drug-likeness (QED) is 0.706. The van der Waals surface area contributed by atoms with Gasteiger partial charge in [-0.2, -0.15) is 0 Å². The fourth-order valence-electron chi connectivity index (χ4n) is 1.54. The Labute approximate surface area is 79.6 Å². The molecule has 0 amide bonds. The first-order chi connectivity index (χ1) is 5.59. The molecule has 0 aromatic heterocycles. The van der Waals surface area contributed by atoms with E-state index in [0.29, 0.717) is 12.1 Å². The summed E-state index contributed by atoms with van der Waals surface area (Å²) in [5.74, 6) is 0. The lowest BCUT2D eigenvalue weighted by Crippen LogP contribution is -2.54. The molecule has 2 atom stereocenters. The summed E-state index contributed by atoms with van der Waals surface area (Å²) in [6, 6.07) is 1.13. The molecule has 1 aliphatic heterocycles. The molecule has 0 saturated carbocycles. The Bertz CT molecular complexity index is 170. The monoisotopic (exact) mass is 188 g/mol. The third-order valence-corrected chi connectivity index (χ3v) is 2.39. The lowest BCUT2D eigenvalue weighted by atomic mass is 10.1. The molecule has 3 heteroatoms. The highest BCUT2D eigenvalue weighted by Gasteiger charge is 2.21. The minimum Gasteiger partial charge on any atom is -0.311 e. The van der Waals surface area contributed by atoms with Gasteiger partial charge in [0.15, 0.2) is 0 Å². The molecule has 1 heterocycles. The molecule has 2 unspecified atom stereocenters. The molecule has 2 nitrogen and oxygen atoms in total. The van der Waals surface area contributed by atoms with E-state index >= 15 is 0 Å². The van der Waals surface area contributed by atoms with Crippen LogP contribution in [0.3, 0.4) is 0 Å². The van der Waals surface area contributed by atoms with Crippen molar-refractivity contribution in [2.45, 2.75) is 25.9 Å². The highest BCUT2D eigenvalue weighted by molar-refractivity contribution is 6.29. The molecule has 1 fully saturated rings. The Hall–Kier alpha value is -0.0500. The van der Waals surface area contributed by atoms with Crippen LogP contribution in [0.15, 0.2) is 11.6 Å². The summed E-state index contributed by atoms with van der Waals surface area (Å²) in [4.78, 5) is 2.36. The average Bonchev–Trinajstić information content (AvgIpc) is 1.96. The van der Waals surface area contributed by atoms with E-state index in [1.165, 1.54) is 0 Å². The third kappa shape index (κ3) is 2.77. The van der Waals surface area contributed by atoms with Gasteiger partial charge in [-0.25, -0.2) is 0 Å². The van der Waals surface area contributed by atoms with Crippen molar-refractivity contribution < 1.29 is 0 Å². The van der Waals surface area contributed by atoms with Gasteiger partial charge < -0.3 is 5.32 Å². The van der Waals surface area contributed by atoms with E-state index in [4.69, 9.17) is 11.6 Å². The van der Waals surface area contributed by atoms with E-state index < -0.39 is 0 Å². The Morgan fingerprint density at radius 3 is 2.92 bits per heavy atom. The Morgan fingerprint density at radius 2 is 2.33 bits per heavy atom. The SMILES string of the molecule is C=C(Cl)CN1CC(C)NCC1C. The first kappa shape index (κ1) is 10.0. The molecule has 0 aliphatic carbocycles. The Balaban J connectivity index is 2.43. The van der Waals surface area contributed by atoms with Gasteiger partial charge in [0.2, 0.25) is 0 Å². The van der Waals surface area contributed by atoms with Crippen molar-refractivity contribution in [1.82, 2.24) is 10.2 Å². The van der Waals surface area contributed by atoms with Gasteiger partial charge in [-0.1, -0.05) is 18.2 Å². The van der Waals surface area contributed by atoms with Gasteiger partial charge >= 0.3 is 0 Å². The maximum absolute atomic E-state index is 5.77. The molecule has 1 saturated heterocycles. The number of piperazine rings is 1. The van der Waals surface area contributed by atoms with Crippen molar-refractivity contribution in [1.29, 1.82) is 0 Å². The van der Waals surface area contributed by atoms with Gasteiger partial charge in [-0.3, -0.25) is 4.90 Å². The molecule has 0 aromatic carbocycles. The standard InChI is InChI=1S/C9H17ClN2/c1-7(10)5-12-6-8(2)11-4-9(12)3/h8-9,11H,1,4-6H2,2-3H3. The Kier molecular flexibility index (Phi) is 3.56. The van der Waals surface area contributed by atoms with Crippen LogP contribution < -0.4 is 5.32 Å². The van der Waals surface area contributed by atoms with Crippen LogP contribution in [-0.4, -0.2) is 36.6 Å². The fraction of sp³-hybridized carbons (Fsp3) is 0.778. The zero-order valence-corrected chi connectivity index (χ0v) is 8.56. The van der Waals surface area contributed by atoms with Crippen LogP contribution in [-0.2, 0) is 0 Å². The van der Waals surface area contributed by atoms with E-state index in [1.54, 1.807) is 0 Å². The van der Waals surface area contributed by atoms with Crippen LogP contribution in [0, 0.1) is 0 Å². The molecular formula is C9H17ClN2. The summed E-state index contributed by atoms with van der Waals surface area (Å²) in [7, 11) is 0. The Morgan fingerprint density at radius 1 is 1.67 bits per heavy atom. The van der Waals surface area contributed by atoms with Gasteiger partial charge in [-0.05, 0) is 13.8 Å². The third-order valence-electron chi connectivity index (χ3n) is 2.27. The molecule has 0 spiro atoms. The molecular weight excluding hydrogens is 172 g/mol. The van der Waals surface area contributed by atoms with Gasteiger partial charge in [0.1, 0.15) is 0 Å². The summed E-state index contributed by atoms with van der Waals surface area (Å²) in [6.45, 7) is 11.0. The van der Waals surface area contributed by atoms with Crippen LogP contribution in [0.4, 0.5) is 0 Å². The van der Waals surface area contributed by atoms with Crippen molar-refractivity contribution in [2.75, 3.05) is 19.6 Å². The minimum absolute atomic E-state index is 0.566. The van der Waals surface area contributed by atoms with E-state index in [0.717, 1.165) is 24.7 Å². The second-order valence-electron chi connectivity index (χ2n) is 3.61. The zero-order valence-electron chi connectivity index (χ0n) is 7.81. The van der Waals surface area contributed by atoms with Crippen molar-refractivity contribution in [3.63, 3.8) is 0 Å². The number of hydrogen-bond acceptors (Lipinski definition) is 2. The minimum atomic E-state index is 0.566. The maximum atomic E-state index is 5.77. The molecule has 70 valence electrons. The number of hydrogen-bond donors (Lipinski definition) is 1. The molecule has 0 bridgehead atoms. The summed E-state index contributed by atoms with van der Waals surface area (Å²) >= 11 is 5.77. The fourth-order valence-corrected chi connectivity index (χ4v) is 1.69. The van der Waals surface area contributed by atoms with Gasteiger partial charge in [0, 0.05) is 36.8 Å². The van der Waals surface area contributed by atoms with Crippen molar-refractivity contribution >= 4 is 11.6 Å². The smallest absolute Gasteiger partial charge is 0.0339 e.